The molecule has 0 spiro atoms. The van der Waals surface area contributed by atoms with Crippen molar-refractivity contribution in [3.8, 4) is 5.75 Å². The topological polar surface area (TPSA) is 38.3 Å². The summed E-state index contributed by atoms with van der Waals surface area (Å²) in [4.78, 5) is 12.6. The number of nitrogens with one attached hydrogen (secondary N) is 1. The molecule has 0 bridgehead atoms. The second-order valence-corrected chi connectivity index (χ2v) is 7.04. The average molecular weight is 339 g/mol. The Labute approximate surface area is 151 Å². The molecule has 1 N–H and O–H groups in total. The molecule has 3 heteroatoms. The van der Waals surface area contributed by atoms with Crippen molar-refractivity contribution in [3.63, 3.8) is 0 Å². The lowest BCUT2D eigenvalue weighted by molar-refractivity contribution is -0.127. The van der Waals surface area contributed by atoms with Gasteiger partial charge in [0.2, 0.25) is 0 Å². The van der Waals surface area contributed by atoms with Crippen LogP contribution in [0.3, 0.4) is 0 Å². The summed E-state index contributed by atoms with van der Waals surface area (Å²) in [7, 11) is 0. The number of hydrogen-bond acceptors (Lipinski definition) is 2. The molecule has 0 fully saturated rings. The molecule has 2 rings (SSSR count). The van der Waals surface area contributed by atoms with Crippen LogP contribution in [0.25, 0.3) is 0 Å². The standard InChI is InChI=1S/C22H29NO2/c1-14(2)19-9-7-8-10-21(19)25-18(6)22(24)23-17(5)20-12-11-15(3)13-16(20)4/h7-14,17-18H,1-6H3,(H,23,24). The van der Waals surface area contributed by atoms with E-state index in [9.17, 15) is 4.79 Å². The Bertz CT molecular complexity index is 737. The molecule has 2 unspecified atom stereocenters. The number of para-hydroxylation sites is 1. The van der Waals surface area contributed by atoms with E-state index in [-0.39, 0.29) is 11.9 Å². The van der Waals surface area contributed by atoms with Crippen LogP contribution in [-0.4, -0.2) is 12.0 Å². The summed E-state index contributed by atoms with van der Waals surface area (Å²) in [5.41, 5.74) is 4.66. The van der Waals surface area contributed by atoms with Gasteiger partial charge >= 0.3 is 0 Å². The largest absolute Gasteiger partial charge is 0.481 e. The van der Waals surface area contributed by atoms with Gasteiger partial charge in [-0.1, -0.05) is 55.8 Å². The quantitative estimate of drug-likeness (QED) is 0.798. The van der Waals surface area contributed by atoms with Crippen molar-refractivity contribution < 1.29 is 9.53 Å². The van der Waals surface area contributed by atoms with E-state index < -0.39 is 6.10 Å². The molecule has 2 aromatic rings. The van der Waals surface area contributed by atoms with E-state index in [1.807, 2.05) is 31.2 Å². The van der Waals surface area contributed by atoms with Crippen molar-refractivity contribution in [1.29, 1.82) is 0 Å². The van der Waals surface area contributed by atoms with Gasteiger partial charge in [0.1, 0.15) is 5.75 Å². The second kappa shape index (κ2) is 8.19. The van der Waals surface area contributed by atoms with Crippen molar-refractivity contribution >= 4 is 5.91 Å². The third-order valence-corrected chi connectivity index (χ3v) is 4.46. The van der Waals surface area contributed by atoms with Crippen LogP contribution >= 0.6 is 0 Å². The van der Waals surface area contributed by atoms with Gasteiger partial charge in [-0.05, 0) is 56.4 Å². The highest BCUT2D eigenvalue weighted by molar-refractivity contribution is 5.81. The molecule has 0 heterocycles. The molecular weight excluding hydrogens is 310 g/mol. The molecule has 0 aliphatic rings. The second-order valence-electron chi connectivity index (χ2n) is 7.04. The number of benzene rings is 2. The highest BCUT2D eigenvalue weighted by Crippen LogP contribution is 2.27. The Morgan fingerprint density at radius 1 is 0.960 bits per heavy atom. The maximum atomic E-state index is 12.6. The molecule has 134 valence electrons. The molecule has 0 aromatic heterocycles. The fraction of sp³-hybridized carbons (Fsp3) is 0.409. The molecular formula is C22H29NO2. The van der Waals surface area contributed by atoms with Gasteiger partial charge in [0.15, 0.2) is 6.10 Å². The summed E-state index contributed by atoms with van der Waals surface area (Å²) < 4.78 is 5.94. The summed E-state index contributed by atoms with van der Waals surface area (Å²) in [6.07, 6.45) is -0.548. The number of carbonyl (C=O) groups excluding carboxylic acids is 1. The first-order valence-electron chi connectivity index (χ1n) is 8.92. The smallest absolute Gasteiger partial charge is 0.261 e. The summed E-state index contributed by atoms with van der Waals surface area (Å²) in [5.74, 6) is 1.02. The van der Waals surface area contributed by atoms with E-state index in [1.165, 1.54) is 11.1 Å². The number of ether oxygens (including phenoxy) is 1. The first-order valence-corrected chi connectivity index (χ1v) is 8.92. The van der Waals surface area contributed by atoms with Crippen LogP contribution in [0.15, 0.2) is 42.5 Å². The van der Waals surface area contributed by atoms with Crippen LogP contribution in [0.5, 0.6) is 5.75 Å². The van der Waals surface area contributed by atoms with Crippen LogP contribution in [0.1, 0.15) is 61.9 Å². The monoisotopic (exact) mass is 339 g/mol. The SMILES string of the molecule is Cc1ccc(C(C)NC(=O)C(C)Oc2ccccc2C(C)C)c(C)c1. The van der Waals surface area contributed by atoms with Crippen molar-refractivity contribution in [3.05, 3.63) is 64.7 Å². The Morgan fingerprint density at radius 3 is 2.28 bits per heavy atom. The minimum absolute atomic E-state index is 0.0560. The third-order valence-electron chi connectivity index (χ3n) is 4.46. The van der Waals surface area contributed by atoms with Gasteiger partial charge in [-0.15, -0.1) is 0 Å². The van der Waals surface area contributed by atoms with E-state index in [0.29, 0.717) is 5.92 Å². The van der Waals surface area contributed by atoms with Crippen LogP contribution < -0.4 is 10.1 Å². The average Bonchev–Trinajstić information content (AvgIpc) is 2.54. The fourth-order valence-corrected chi connectivity index (χ4v) is 3.03. The molecule has 2 atom stereocenters. The minimum Gasteiger partial charge on any atom is -0.481 e. The van der Waals surface area contributed by atoms with Gasteiger partial charge in [0, 0.05) is 0 Å². The zero-order valence-electron chi connectivity index (χ0n) is 16.1. The number of rotatable bonds is 6. The van der Waals surface area contributed by atoms with E-state index in [2.05, 4.69) is 51.2 Å². The molecule has 0 aliphatic heterocycles. The normalized spacial score (nSPS) is 13.4. The van der Waals surface area contributed by atoms with E-state index in [0.717, 1.165) is 16.9 Å². The third kappa shape index (κ3) is 4.85. The summed E-state index contributed by atoms with van der Waals surface area (Å²) >= 11 is 0. The molecule has 3 nitrogen and oxygen atoms in total. The Hall–Kier alpha value is -2.29. The van der Waals surface area contributed by atoms with Crippen molar-refractivity contribution in [1.82, 2.24) is 5.32 Å². The summed E-state index contributed by atoms with van der Waals surface area (Å²) in [6, 6.07) is 14.1. The lowest BCUT2D eigenvalue weighted by Crippen LogP contribution is -2.38. The van der Waals surface area contributed by atoms with Gasteiger partial charge in [-0.2, -0.15) is 0 Å². The lowest BCUT2D eigenvalue weighted by Gasteiger charge is -2.22. The first kappa shape index (κ1) is 19.0. The number of carbonyl (C=O) groups is 1. The van der Waals surface area contributed by atoms with Gasteiger partial charge in [0.25, 0.3) is 5.91 Å². The Kier molecular flexibility index (Phi) is 6.24. The zero-order chi connectivity index (χ0) is 18.6. The number of hydrogen-bond donors (Lipinski definition) is 1. The molecule has 0 saturated heterocycles. The van der Waals surface area contributed by atoms with Crippen LogP contribution in [0.4, 0.5) is 0 Å². The van der Waals surface area contributed by atoms with Crippen molar-refractivity contribution in [2.75, 3.05) is 0 Å². The van der Waals surface area contributed by atoms with Crippen molar-refractivity contribution in [2.24, 2.45) is 0 Å². The highest BCUT2D eigenvalue weighted by Gasteiger charge is 2.20. The van der Waals surface area contributed by atoms with Gasteiger partial charge < -0.3 is 10.1 Å². The van der Waals surface area contributed by atoms with E-state index in [4.69, 9.17) is 4.74 Å². The molecule has 2 aromatic carbocycles. The maximum absolute atomic E-state index is 12.6. The van der Waals surface area contributed by atoms with E-state index in [1.54, 1.807) is 6.92 Å². The highest BCUT2D eigenvalue weighted by atomic mass is 16.5. The molecule has 0 saturated carbocycles. The van der Waals surface area contributed by atoms with Gasteiger partial charge in [-0.25, -0.2) is 0 Å². The first-order chi connectivity index (χ1) is 11.8. The van der Waals surface area contributed by atoms with Crippen LogP contribution in [0.2, 0.25) is 0 Å². The minimum atomic E-state index is -0.548. The molecule has 0 aliphatic carbocycles. The lowest BCUT2D eigenvalue weighted by atomic mass is 10.00. The maximum Gasteiger partial charge on any atom is 0.261 e. The predicted octanol–water partition coefficient (Wildman–Crippen LogP) is 5.07. The zero-order valence-corrected chi connectivity index (χ0v) is 16.1. The number of aryl methyl sites for hydroxylation is 2. The number of amides is 1. The fourth-order valence-electron chi connectivity index (χ4n) is 3.03. The molecule has 1 amide bonds. The Balaban J connectivity index is 2.05. The van der Waals surface area contributed by atoms with E-state index >= 15 is 0 Å². The Morgan fingerprint density at radius 2 is 1.64 bits per heavy atom. The molecule has 25 heavy (non-hydrogen) atoms. The van der Waals surface area contributed by atoms with Crippen LogP contribution in [-0.2, 0) is 4.79 Å². The summed E-state index contributed by atoms with van der Waals surface area (Å²) in [5, 5.41) is 3.06. The predicted molar refractivity (Wildman–Crippen MR) is 103 cm³/mol. The van der Waals surface area contributed by atoms with Gasteiger partial charge in [-0.3, -0.25) is 4.79 Å². The molecule has 0 radical (unpaired) electrons. The van der Waals surface area contributed by atoms with Crippen LogP contribution in [0, 0.1) is 13.8 Å². The summed E-state index contributed by atoms with van der Waals surface area (Å²) in [6.45, 7) is 12.2. The van der Waals surface area contributed by atoms with Gasteiger partial charge in [0.05, 0.1) is 6.04 Å². The van der Waals surface area contributed by atoms with Crippen molar-refractivity contribution in [2.45, 2.75) is 59.6 Å².